The molecule has 0 saturated carbocycles. The number of aliphatic hydroxyl groups excluding tert-OH is 1. The van der Waals surface area contributed by atoms with Crippen molar-refractivity contribution in [3.63, 3.8) is 0 Å². The number of rotatable bonds is 2. The SMILES string of the molecule is OCC1(C2(O)CCCSC2)CCCNC1. The Bertz CT molecular complexity index is 211. The molecule has 2 aliphatic heterocycles. The Morgan fingerprint density at radius 3 is 2.67 bits per heavy atom. The summed E-state index contributed by atoms with van der Waals surface area (Å²) in [6, 6.07) is 0. The van der Waals surface area contributed by atoms with E-state index in [0.29, 0.717) is 0 Å². The molecule has 0 aliphatic carbocycles. The Hall–Kier alpha value is 0.230. The van der Waals surface area contributed by atoms with E-state index >= 15 is 0 Å². The van der Waals surface area contributed by atoms with Crippen LogP contribution in [0.25, 0.3) is 0 Å². The van der Waals surface area contributed by atoms with Crippen LogP contribution in [-0.2, 0) is 0 Å². The number of piperidine rings is 1. The molecule has 0 bridgehead atoms. The quantitative estimate of drug-likeness (QED) is 0.652. The van der Waals surface area contributed by atoms with E-state index in [-0.39, 0.29) is 12.0 Å². The number of aliphatic hydroxyl groups is 2. The Morgan fingerprint density at radius 1 is 1.27 bits per heavy atom. The normalized spacial score (nSPS) is 42.8. The molecule has 0 aromatic carbocycles. The largest absolute Gasteiger partial charge is 0.396 e. The molecule has 2 aliphatic rings. The van der Waals surface area contributed by atoms with Gasteiger partial charge in [0.15, 0.2) is 0 Å². The van der Waals surface area contributed by atoms with Crippen LogP contribution in [0.5, 0.6) is 0 Å². The smallest absolute Gasteiger partial charge is 0.0828 e. The van der Waals surface area contributed by atoms with E-state index in [1.165, 1.54) is 0 Å². The third kappa shape index (κ3) is 2.05. The maximum Gasteiger partial charge on any atom is 0.0828 e. The van der Waals surface area contributed by atoms with Gasteiger partial charge in [0.25, 0.3) is 0 Å². The zero-order valence-corrected chi connectivity index (χ0v) is 9.98. The van der Waals surface area contributed by atoms with E-state index in [0.717, 1.165) is 50.3 Å². The van der Waals surface area contributed by atoms with Crippen LogP contribution in [0.3, 0.4) is 0 Å². The first-order valence-electron chi connectivity index (χ1n) is 5.84. The van der Waals surface area contributed by atoms with Crippen molar-refractivity contribution in [1.82, 2.24) is 5.32 Å². The maximum absolute atomic E-state index is 10.7. The van der Waals surface area contributed by atoms with Crippen molar-refractivity contribution < 1.29 is 10.2 Å². The number of hydrogen-bond donors (Lipinski definition) is 3. The van der Waals surface area contributed by atoms with Gasteiger partial charge in [-0.3, -0.25) is 0 Å². The average Bonchev–Trinajstić information content (AvgIpc) is 2.31. The van der Waals surface area contributed by atoms with Crippen LogP contribution in [0.2, 0.25) is 0 Å². The van der Waals surface area contributed by atoms with Crippen LogP contribution in [0.4, 0.5) is 0 Å². The fraction of sp³-hybridized carbons (Fsp3) is 1.00. The van der Waals surface area contributed by atoms with Gasteiger partial charge in [0.2, 0.25) is 0 Å². The monoisotopic (exact) mass is 231 g/mol. The van der Waals surface area contributed by atoms with Crippen molar-refractivity contribution in [2.24, 2.45) is 5.41 Å². The van der Waals surface area contributed by atoms with Gasteiger partial charge >= 0.3 is 0 Å². The highest BCUT2D eigenvalue weighted by Gasteiger charge is 2.50. The summed E-state index contributed by atoms with van der Waals surface area (Å²) >= 11 is 1.82. The van der Waals surface area contributed by atoms with Crippen molar-refractivity contribution in [2.45, 2.75) is 31.3 Å². The summed E-state index contributed by atoms with van der Waals surface area (Å²) in [5.41, 5.74) is -0.948. The summed E-state index contributed by atoms with van der Waals surface area (Å²) < 4.78 is 0. The van der Waals surface area contributed by atoms with Crippen molar-refractivity contribution in [1.29, 1.82) is 0 Å². The van der Waals surface area contributed by atoms with Crippen molar-refractivity contribution in [3.05, 3.63) is 0 Å². The molecule has 3 nitrogen and oxygen atoms in total. The summed E-state index contributed by atoms with van der Waals surface area (Å²) in [4.78, 5) is 0. The molecule has 2 saturated heterocycles. The molecule has 2 rings (SSSR count). The van der Waals surface area contributed by atoms with E-state index < -0.39 is 5.60 Å². The van der Waals surface area contributed by atoms with Crippen LogP contribution in [-0.4, -0.2) is 47.0 Å². The zero-order chi connectivity index (χ0) is 10.8. The van der Waals surface area contributed by atoms with Crippen LogP contribution in [0.1, 0.15) is 25.7 Å². The highest BCUT2D eigenvalue weighted by molar-refractivity contribution is 7.99. The Kier molecular flexibility index (Phi) is 3.60. The van der Waals surface area contributed by atoms with Crippen LogP contribution < -0.4 is 5.32 Å². The molecule has 88 valence electrons. The van der Waals surface area contributed by atoms with Crippen LogP contribution in [0.15, 0.2) is 0 Å². The summed E-state index contributed by atoms with van der Waals surface area (Å²) in [5, 5.41) is 23.7. The molecule has 2 fully saturated rings. The molecule has 3 N–H and O–H groups in total. The molecule has 4 heteroatoms. The molecule has 0 spiro atoms. The first-order valence-corrected chi connectivity index (χ1v) is 7.00. The third-order valence-corrected chi connectivity index (χ3v) is 5.24. The molecular formula is C11H21NO2S. The van der Waals surface area contributed by atoms with Gasteiger partial charge in [-0.05, 0) is 38.0 Å². The lowest BCUT2D eigenvalue weighted by molar-refractivity contribution is -0.111. The molecule has 0 aromatic rings. The van der Waals surface area contributed by atoms with Gasteiger partial charge in [-0.25, -0.2) is 0 Å². The van der Waals surface area contributed by atoms with Gasteiger partial charge in [0.05, 0.1) is 12.2 Å². The predicted octanol–water partition coefficient (Wildman–Crippen LogP) is 0.607. The molecule has 0 aromatic heterocycles. The second-order valence-corrected chi connectivity index (χ2v) is 6.01. The van der Waals surface area contributed by atoms with E-state index in [1.807, 2.05) is 11.8 Å². The Morgan fingerprint density at radius 2 is 2.13 bits per heavy atom. The lowest BCUT2D eigenvalue weighted by Gasteiger charge is -2.50. The second kappa shape index (κ2) is 4.62. The van der Waals surface area contributed by atoms with E-state index in [1.54, 1.807) is 0 Å². The van der Waals surface area contributed by atoms with Crippen LogP contribution in [0, 0.1) is 5.41 Å². The van der Waals surface area contributed by atoms with Gasteiger partial charge in [0, 0.05) is 17.7 Å². The Labute approximate surface area is 95.6 Å². The molecule has 2 heterocycles. The third-order valence-electron chi connectivity index (χ3n) is 3.98. The highest BCUT2D eigenvalue weighted by atomic mass is 32.2. The zero-order valence-electron chi connectivity index (χ0n) is 9.17. The van der Waals surface area contributed by atoms with E-state index in [4.69, 9.17) is 0 Å². The number of nitrogens with one attached hydrogen (secondary N) is 1. The molecule has 2 atom stereocenters. The lowest BCUT2D eigenvalue weighted by Crippen LogP contribution is -2.60. The van der Waals surface area contributed by atoms with Crippen molar-refractivity contribution >= 4 is 11.8 Å². The standard InChI is InChI=1S/C11H21NO2S/c13-8-10(3-1-5-12-7-10)11(14)4-2-6-15-9-11/h12-14H,1-9H2. The van der Waals surface area contributed by atoms with E-state index in [2.05, 4.69) is 5.32 Å². The molecule has 15 heavy (non-hydrogen) atoms. The minimum atomic E-state index is -0.655. The van der Waals surface area contributed by atoms with E-state index in [9.17, 15) is 10.2 Å². The molecule has 0 radical (unpaired) electrons. The molecule has 0 amide bonds. The summed E-state index contributed by atoms with van der Waals surface area (Å²) in [6.45, 7) is 1.89. The minimum absolute atomic E-state index is 0.108. The Balaban J connectivity index is 2.15. The van der Waals surface area contributed by atoms with Crippen molar-refractivity contribution in [3.8, 4) is 0 Å². The summed E-state index contributed by atoms with van der Waals surface area (Å²) in [6.07, 6.45) is 3.94. The van der Waals surface area contributed by atoms with Gasteiger partial charge in [-0.15, -0.1) is 0 Å². The number of thioether (sulfide) groups is 1. The molecular weight excluding hydrogens is 210 g/mol. The topological polar surface area (TPSA) is 52.5 Å². The first kappa shape index (κ1) is 11.7. The van der Waals surface area contributed by atoms with Crippen LogP contribution >= 0.6 is 11.8 Å². The first-order chi connectivity index (χ1) is 7.22. The second-order valence-electron chi connectivity index (χ2n) is 4.91. The average molecular weight is 231 g/mol. The summed E-state index contributed by atoms with van der Waals surface area (Å²) in [7, 11) is 0. The van der Waals surface area contributed by atoms with Gasteiger partial charge < -0.3 is 15.5 Å². The minimum Gasteiger partial charge on any atom is -0.396 e. The highest BCUT2D eigenvalue weighted by Crippen LogP contribution is 2.44. The van der Waals surface area contributed by atoms with Gasteiger partial charge in [-0.2, -0.15) is 11.8 Å². The fourth-order valence-electron chi connectivity index (χ4n) is 2.85. The maximum atomic E-state index is 10.7. The molecule has 2 unspecified atom stereocenters. The number of hydrogen-bond acceptors (Lipinski definition) is 4. The fourth-order valence-corrected chi connectivity index (χ4v) is 4.13. The van der Waals surface area contributed by atoms with Gasteiger partial charge in [0.1, 0.15) is 0 Å². The van der Waals surface area contributed by atoms with Crippen molar-refractivity contribution in [2.75, 3.05) is 31.2 Å². The lowest BCUT2D eigenvalue weighted by atomic mass is 9.66. The predicted molar refractivity (Wildman–Crippen MR) is 63.1 cm³/mol. The van der Waals surface area contributed by atoms with Gasteiger partial charge in [-0.1, -0.05) is 0 Å². The summed E-state index contributed by atoms with van der Waals surface area (Å²) in [5.74, 6) is 1.94.